The molecular formula is C12H25NO4S2. The molecule has 114 valence electrons. The molecule has 1 aliphatic rings. The minimum Gasteiger partial charge on any atom is -0.313 e. The molecule has 1 fully saturated rings. The monoisotopic (exact) mass is 311 g/mol. The van der Waals surface area contributed by atoms with E-state index >= 15 is 0 Å². The molecule has 1 unspecified atom stereocenters. The van der Waals surface area contributed by atoms with Gasteiger partial charge in [-0.25, -0.2) is 16.8 Å². The van der Waals surface area contributed by atoms with E-state index < -0.39 is 19.7 Å². The van der Waals surface area contributed by atoms with Crippen molar-refractivity contribution in [1.29, 1.82) is 0 Å². The smallest absolute Gasteiger partial charge is 0.152 e. The Morgan fingerprint density at radius 2 is 1.68 bits per heavy atom. The van der Waals surface area contributed by atoms with Gasteiger partial charge in [0.05, 0.1) is 17.3 Å². The summed E-state index contributed by atoms with van der Waals surface area (Å²) < 4.78 is 46.2. The number of hydrogen-bond acceptors (Lipinski definition) is 5. The minimum atomic E-state index is -3.32. The van der Waals surface area contributed by atoms with Crippen molar-refractivity contribution in [2.45, 2.75) is 38.6 Å². The predicted molar refractivity (Wildman–Crippen MR) is 77.8 cm³/mol. The Morgan fingerprint density at radius 1 is 1.11 bits per heavy atom. The maximum absolute atomic E-state index is 12.0. The van der Waals surface area contributed by atoms with Crippen LogP contribution in [0.4, 0.5) is 0 Å². The molecule has 1 atom stereocenters. The van der Waals surface area contributed by atoms with Gasteiger partial charge in [0.1, 0.15) is 9.84 Å². The van der Waals surface area contributed by atoms with E-state index in [-0.39, 0.29) is 23.3 Å². The van der Waals surface area contributed by atoms with Crippen molar-refractivity contribution in [3.8, 4) is 0 Å². The maximum Gasteiger partial charge on any atom is 0.152 e. The van der Waals surface area contributed by atoms with E-state index in [1.54, 1.807) is 0 Å². The molecule has 0 heterocycles. The van der Waals surface area contributed by atoms with Gasteiger partial charge in [-0.3, -0.25) is 0 Å². The fraction of sp³-hybridized carbons (Fsp3) is 1.00. The molecule has 7 heteroatoms. The fourth-order valence-corrected chi connectivity index (χ4v) is 5.95. The summed E-state index contributed by atoms with van der Waals surface area (Å²) >= 11 is 0. The lowest BCUT2D eigenvalue weighted by atomic mass is 10.00. The van der Waals surface area contributed by atoms with Crippen molar-refractivity contribution < 1.29 is 16.8 Å². The number of rotatable bonds is 8. The van der Waals surface area contributed by atoms with E-state index in [1.807, 2.05) is 6.92 Å². The predicted octanol–water partition coefficient (Wildman–Crippen LogP) is 0.614. The van der Waals surface area contributed by atoms with Crippen LogP contribution < -0.4 is 5.32 Å². The third kappa shape index (κ3) is 6.72. The summed E-state index contributed by atoms with van der Waals surface area (Å²) in [6, 6.07) is -0.0305. The first kappa shape index (κ1) is 16.9. The van der Waals surface area contributed by atoms with Crippen LogP contribution in [-0.4, -0.2) is 52.9 Å². The zero-order valence-corrected chi connectivity index (χ0v) is 13.4. The summed E-state index contributed by atoms with van der Waals surface area (Å²) in [4.78, 5) is 0. The van der Waals surface area contributed by atoms with Crippen LogP contribution in [-0.2, 0) is 19.7 Å². The molecule has 0 aliphatic heterocycles. The second kappa shape index (κ2) is 7.04. The molecule has 1 saturated carbocycles. The van der Waals surface area contributed by atoms with Gasteiger partial charge < -0.3 is 5.32 Å². The molecule has 0 spiro atoms. The van der Waals surface area contributed by atoms with Crippen LogP contribution in [0.1, 0.15) is 32.6 Å². The van der Waals surface area contributed by atoms with Gasteiger partial charge in [0.25, 0.3) is 0 Å². The largest absolute Gasteiger partial charge is 0.313 e. The quantitative estimate of drug-likeness (QED) is 0.710. The molecule has 19 heavy (non-hydrogen) atoms. The summed E-state index contributed by atoms with van der Waals surface area (Å²) in [5.41, 5.74) is 0. The Kier molecular flexibility index (Phi) is 6.26. The van der Waals surface area contributed by atoms with Gasteiger partial charge in [-0.2, -0.15) is 0 Å². The van der Waals surface area contributed by atoms with Gasteiger partial charge in [-0.15, -0.1) is 0 Å². The lowest BCUT2D eigenvalue weighted by Gasteiger charge is -2.24. The Labute approximate surface area is 117 Å². The zero-order valence-electron chi connectivity index (χ0n) is 11.8. The summed E-state index contributed by atoms with van der Waals surface area (Å²) in [5, 5.41) is 3.25. The van der Waals surface area contributed by atoms with Crippen LogP contribution >= 0.6 is 0 Å². The van der Waals surface area contributed by atoms with Crippen LogP contribution in [0.5, 0.6) is 0 Å². The molecule has 1 rings (SSSR count). The first-order valence-electron chi connectivity index (χ1n) is 6.85. The molecule has 1 aliphatic carbocycles. The standard InChI is InChI=1S/C12H25NO4S2/c1-3-13-12(11-6-4-5-7-11)10-19(16,17)9-8-18(2,14)15/h11-13H,3-10H2,1-2H3. The van der Waals surface area contributed by atoms with Crippen LogP contribution in [0.2, 0.25) is 0 Å². The average molecular weight is 311 g/mol. The second-order valence-corrected chi connectivity index (χ2v) is 9.94. The maximum atomic E-state index is 12.0. The van der Waals surface area contributed by atoms with Gasteiger partial charge >= 0.3 is 0 Å². The van der Waals surface area contributed by atoms with Crippen LogP contribution in [0.3, 0.4) is 0 Å². The molecule has 0 aromatic carbocycles. The molecule has 0 saturated heterocycles. The minimum absolute atomic E-state index is 0.0305. The zero-order chi connectivity index (χ0) is 14.5. The van der Waals surface area contributed by atoms with Gasteiger partial charge in [0, 0.05) is 12.3 Å². The normalized spacial score (nSPS) is 19.7. The summed E-state index contributed by atoms with van der Waals surface area (Å²) in [7, 11) is -6.54. The van der Waals surface area contributed by atoms with Crippen molar-refractivity contribution in [2.24, 2.45) is 5.92 Å². The first-order chi connectivity index (χ1) is 8.73. The molecule has 5 nitrogen and oxygen atoms in total. The van der Waals surface area contributed by atoms with Crippen molar-refractivity contribution >= 4 is 19.7 Å². The SMILES string of the molecule is CCNC(CS(=O)(=O)CCS(C)(=O)=O)C1CCCC1. The number of hydrogen-bond donors (Lipinski definition) is 1. The number of sulfone groups is 2. The van der Waals surface area contributed by atoms with Gasteiger partial charge in [0.2, 0.25) is 0 Å². The molecule has 0 radical (unpaired) electrons. The van der Waals surface area contributed by atoms with E-state index in [0.717, 1.165) is 38.5 Å². The van der Waals surface area contributed by atoms with E-state index in [0.29, 0.717) is 5.92 Å². The molecule has 0 amide bonds. The highest BCUT2D eigenvalue weighted by Gasteiger charge is 2.29. The lowest BCUT2D eigenvalue weighted by Crippen LogP contribution is -2.41. The fourth-order valence-electron chi connectivity index (χ4n) is 2.62. The van der Waals surface area contributed by atoms with E-state index in [2.05, 4.69) is 5.32 Å². The molecule has 0 aromatic heterocycles. The first-order valence-corrected chi connectivity index (χ1v) is 10.7. The Morgan fingerprint density at radius 3 is 2.16 bits per heavy atom. The summed E-state index contributed by atoms with van der Waals surface area (Å²) in [6.07, 6.45) is 5.53. The van der Waals surface area contributed by atoms with E-state index in [9.17, 15) is 16.8 Å². The van der Waals surface area contributed by atoms with E-state index in [1.165, 1.54) is 0 Å². The summed E-state index contributed by atoms with van der Waals surface area (Å²) in [5.74, 6) is -0.0756. The third-order valence-electron chi connectivity index (χ3n) is 3.63. The Hall–Kier alpha value is -0.140. The average Bonchev–Trinajstić information content (AvgIpc) is 2.78. The molecule has 0 aromatic rings. The highest BCUT2D eigenvalue weighted by atomic mass is 32.2. The van der Waals surface area contributed by atoms with Crippen LogP contribution in [0.25, 0.3) is 0 Å². The van der Waals surface area contributed by atoms with Crippen LogP contribution in [0, 0.1) is 5.92 Å². The van der Waals surface area contributed by atoms with Gasteiger partial charge in [0.15, 0.2) is 9.84 Å². The van der Waals surface area contributed by atoms with Crippen molar-refractivity contribution in [2.75, 3.05) is 30.1 Å². The van der Waals surface area contributed by atoms with Gasteiger partial charge in [-0.05, 0) is 25.3 Å². The topological polar surface area (TPSA) is 80.3 Å². The second-order valence-electron chi connectivity index (χ2n) is 5.45. The third-order valence-corrected chi connectivity index (χ3v) is 6.53. The summed E-state index contributed by atoms with van der Waals surface area (Å²) in [6.45, 7) is 2.70. The lowest BCUT2D eigenvalue weighted by molar-refractivity contribution is 0.389. The number of nitrogens with one attached hydrogen (secondary N) is 1. The van der Waals surface area contributed by atoms with E-state index in [4.69, 9.17) is 0 Å². The van der Waals surface area contributed by atoms with Crippen molar-refractivity contribution in [1.82, 2.24) is 5.32 Å². The van der Waals surface area contributed by atoms with Crippen LogP contribution in [0.15, 0.2) is 0 Å². The molecule has 1 N–H and O–H groups in total. The Bertz CT molecular complexity index is 464. The molecular weight excluding hydrogens is 286 g/mol. The highest BCUT2D eigenvalue weighted by molar-refractivity contribution is 7.94. The molecule has 0 bridgehead atoms. The van der Waals surface area contributed by atoms with Crippen molar-refractivity contribution in [3.63, 3.8) is 0 Å². The highest BCUT2D eigenvalue weighted by Crippen LogP contribution is 2.28. The van der Waals surface area contributed by atoms with Gasteiger partial charge in [-0.1, -0.05) is 19.8 Å². The van der Waals surface area contributed by atoms with Crippen molar-refractivity contribution in [3.05, 3.63) is 0 Å². The Balaban J connectivity index is 2.61.